The zero-order valence-electron chi connectivity index (χ0n) is 5.78. The maximum atomic E-state index is 10.5. The van der Waals surface area contributed by atoms with E-state index in [1.165, 1.54) is 0 Å². The number of rotatable bonds is 2. The first-order valence-corrected chi connectivity index (χ1v) is 4.27. The fraction of sp³-hybridized carbons (Fsp3) is 1.00. The van der Waals surface area contributed by atoms with Crippen LogP contribution in [0.4, 0.5) is 0 Å². The molecule has 1 saturated heterocycles. The van der Waals surface area contributed by atoms with Gasteiger partial charge in [-0.1, -0.05) is 0 Å². The van der Waals surface area contributed by atoms with E-state index >= 15 is 0 Å². The molecule has 5 heteroatoms. The minimum atomic E-state index is -1.86. The fourth-order valence-corrected chi connectivity index (χ4v) is 1.36. The van der Waals surface area contributed by atoms with Crippen molar-refractivity contribution in [2.45, 2.75) is 13.0 Å². The normalized spacial score (nSPS) is 30.5. The Balaban J connectivity index is 2.19. The highest BCUT2D eigenvalue weighted by Gasteiger charge is 2.31. The Bertz CT molecular complexity index is 117. The molecule has 0 radical (unpaired) electrons. The highest BCUT2D eigenvalue weighted by atomic mass is 31.1. The Kier molecular flexibility index (Phi) is 3.22. The van der Waals surface area contributed by atoms with Gasteiger partial charge >= 0.3 is 8.25 Å². The van der Waals surface area contributed by atoms with E-state index in [2.05, 4.69) is 0 Å². The summed E-state index contributed by atoms with van der Waals surface area (Å²) in [6.45, 7) is 3.29. The molecule has 1 rings (SSSR count). The second-order valence-electron chi connectivity index (χ2n) is 1.89. The Labute approximate surface area is 60.4 Å². The highest BCUT2D eigenvalue weighted by Crippen LogP contribution is 2.28. The lowest BCUT2D eigenvalue weighted by Crippen LogP contribution is -2.26. The quantitative estimate of drug-likeness (QED) is 0.574. The summed E-state index contributed by atoms with van der Waals surface area (Å²) in [6.07, 6.45) is -0.0438. The van der Waals surface area contributed by atoms with Gasteiger partial charge in [-0.15, -0.1) is 9.05 Å². The molecule has 0 aromatic carbocycles. The van der Waals surface area contributed by atoms with Gasteiger partial charge in [-0.05, 0) is 6.92 Å². The van der Waals surface area contributed by atoms with E-state index in [0.717, 1.165) is 0 Å². The average molecular weight is 165 g/mol. The van der Waals surface area contributed by atoms with E-state index < -0.39 is 8.25 Å². The summed E-state index contributed by atoms with van der Waals surface area (Å²) in [7, 11) is -1.86. The maximum Gasteiger partial charge on any atom is 0.697 e. The smallest absolute Gasteiger partial charge is 0.373 e. The molecular formula is C5H10O4P+. The molecule has 1 heterocycles. The third-order valence-corrected chi connectivity index (χ3v) is 1.85. The topological polar surface area (TPSA) is 44.8 Å². The minimum Gasteiger partial charge on any atom is -0.373 e. The first-order valence-electron chi connectivity index (χ1n) is 3.17. The summed E-state index contributed by atoms with van der Waals surface area (Å²) in [6, 6.07) is 0. The molecule has 0 amide bonds. The number of hydrogen-bond acceptors (Lipinski definition) is 4. The summed E-state index contributed by atoms with van der Waals surface area (Å²) in [4.78, 5) is 0. The molecule has 0 bridgehead atoms. The molecule has 1 aliphatic rings. The van der Waals surface area contributed by atoms with Crippen molar-refractivity contribution in [3.05, 3.63) is 0 Å². The molecule has 1 aliphatic heterocycles. The molecule has 0 aromatic heterocycles. The summed E-state index contributed by atoms with van der Waals surface area (Å²) in [5.74, 6) is 0. The fourth-order valence-electron chi connectivity index (χ4n) is 0.705. The zero-order chi connectivity index (χ0) is 7.40. The largest absolute Gasteiger partial charge is 0.697 e. The van der Waals surface area contributed by atoms with Crippen molar-refractivity contribution in [3.8, 4) is 0 Å². The Morgan fingerprint density at radius 2 is 2.20 bits per heavy atom. The maximum absolute atomic E-state index is 10.5. The van der Waals surface area contributed by atoms with Gasteiger partial charge in [-0.3, -0.25) is 0 Å². The van der Waals surface area contributed by atoms with Crippen LogP contribution in [0, 0.1) is 0 Å². The van der Waals surface area contributed by atoms with Crippen LogP contribution in [0.1, 0.15) is 6.92 Å². The van der Waals surface area contributed by atoms with E-state index in [4.69, 9.17) is 13.8 Å². The summed E-state index contributed by atoms with van der Waals surface area (Å²) in [5, 5.41) is 0. The van der Waals surface area contributed by atoms with E-state index in [0.29, 0.717) is 19.8 Å². The second kappa shape index (κ2) is 3.98. The predicted octanol–water partition coefficient (Wildman–Crippen LogP) is 1.10. The van der Waals surface area contributed by atoms with Crippen molar-refractivity contribution in [1.29, 1.82) is 0 Å². The Morgan fingerprint density at radius 3 is 2.70 bits per heavy atom. The van der Waals surface area contributed by atoms with E-state index in [9.17, 15) is 4.57 Å². The standard InChI is InChI=1S/C5H10O4P/c1-2-7-5-3-8-10(6)9-4-5/h5H,2-4H2,1H3/q+1. The van der Waals surface area contributed by atoms with Crippen molar-refractivity contribution in [3.63, 3.8) is 0 Å². The van der Waals surface area contributed by atoms with Crippen LogP contribution < -0.4 is 0 Å². The van der Waals surface area contributed by atoms with Gasteiger partial charge in [0.05, 0.1) is 0 Å². The first-order chi connectivity index (χ1) is 4.83. The predicted molar refractivity (Wildman–Crippen MR) is 34.9 cm³/mol. The molecule has 0 spiro atoms. The van der Waals surface area contributed by atoms with Gasteiger partial charge < -0.3 is 4.74 Å². The lowest BCUT2D eigenvalue weighted by Gasteiger charge is -2.12. The van der Waals surface area contributed by atoms with Gasteiger partial charge in [0.1, 0.15) is 19.3 Å². The van der Waals surface area contributed by atoms with Gasteiger partial charge in [0.2, 0.25) is 0 Å². The van der Waals surface area contributed by atoms with Crippen LogP contribution in [0.25, 0.3) is 0 Å². The molecule has 1 fully saturated rings. The monoisotopic (exact) mass is 165 g/mol. The van der Waals surface area contributed by atoms with Crippen molar-refractivity contribution in [1.82, 2.24) is 0 Å². The molecule has 0 saturated carbocycles. The number of hydrogen-bond donors (Lipinski definition) is 0. The molecule has 58 valence electrons. The van der Waals surface area contributed by atoms with Crippen LogP contribution in [0.15, 0.2) is 0 Å². The molecule has 0 unspecified atom stereocenters. The number of ether oxygens (including phenoxy) is 1. The van der Waals surface area contributed by atoms with Gasteiger partial charge in [-0.2, -0.15) is 0 Å². The highest BCUT2D eigenvalue weighted by molar-refractivity contribution is 7.33. The molecule has 10 heavy (non-hydrogen) atoms. The molecule has 4 nitrogen and oxygen atoms in total. The van der Waals surface area contributed by atoms with Crippen molar-refractivity contribution >= 4 is 8.25 Å². The molecule has 0 aromatic rings. The van der Waals surface area contributed by atoms with Crippen LogP contribution in [0.2, 0.25) is 0 Å². The third-order valence-electron chi connectivity index (χ3n) is 1.13. The summed E-state index contributed by atoms with van der Waals surface area (Å²) in [5.41, 5.74) is 0. The minimum absolute atomic E-state index is 0.0438. The van der Waals surface area contributed by atoms with Crippen LogP contribution in [-0.2, 0) is 18.3 Å². The summed E-state index contributed by atoms with van der Waals surface area (Å²) < 4.78 is 25.0. The van der Waals surface area contributed by atoms with Crippen molar-refractivity contribution < 1.29 is 18.3 Å². The molecular weight excluding hydrogens is 155 g/mol. The van der Waals surface area contributed by atoms with E-state index in [1.54, 1.807) is 0 Å². The van der Waals surface area contributed by atoms with Gasteiger partial charge in [-0.25, -0.2) is 0 Å². The summed E-state index contributed by atoms with van der Waals surface area (Å²) >= 11 is 0. The lowest BCUT2D eigenvalue weighted by atomic mass is 10.4. The SMILES string of the molecule is CCOC1CO[P+](=O)OC1. The Hall–Kier alpha value is -0.0200. The molecule has 0 aliphatic carbocycles. The van der Waals surface area contributed by atoms with Crippen LogP contribution >= 0.6 is 8.25 Å². The second-order valence-corrected chi connectivity index (χ2v) is 2.86. The van der Waals surface area contributed by atoms with E-state index in [-0.39, 0.29) is 6.10 Å². The van der Waals surface area contributed by atoms with Gasteiger partial charge in [0, 0.05) is 11.2 Å². The van der Waals surface area contributed by atoms with Crippen molar-refractivity contribution in [2.75, 3.05) is 19.8 Å². The lowest BCUT2D eigenvalue weighted by molar-refractivity contribution is -0.0268. The van der Waals surface area contributed by atoms with Gasteiger partial charge in [0.15, 0.2) is 0 Å². The third kappa shape index (κ3) is 2.31. The molecule has 0 atom stereocenters. The zero-order valence-corrected chi connectivity index (χ0v) is 6.67. The first kappa shape index (κ1) is 8.08. The Morgan fingerprint density at radius 1 is 1.60 bits per heavy atom. The van der Waals surface area contributed by atoms with Crippen LogP contribution in [-0.4, -0.2) is 25.9 Å². The van der Waals surface area contributed by atoms with E-state index in [1.807, 2.05) is 6.92 Å². The van der Waals surface area contributed by atoms with Gasteiger partial charge in [0.25, 0.3) is 0 Å². The van der Waals surface area contributed by atoms with Crippen molar-refractivity contribution in [2.24, 2.45) is 0 Å². The molecule has 0 N–H and O–H groups in total. The van der Waals surface area contributed by atoms with Crippen LogP contribution in [0.5, 0.6) is 0 Å². The van der Waals surface area contributed by atoms with Crippen LogP contribution in [0.3, 0.4) is 0 Å². The average Bonchev–Trinajstić information content (AvgIpc) is 1.95.